The van der Waals surface area contributed by atoms with Gasteiger partial charge >= 0.3 is 5.97 Å². The number of rotatable bonds is 5. The van der Waals surface area contributed by atoms with Gasteiger partial charge in [0.25, 0.3) is 0 Å². The Kier molecular flexibility index (Phi) is 5.93. The van der Waals surface area contributed by atoms with E-state index >= 15 is 0 Å². The Balaban J connectivity index is 2.01. The van der Waals surface area contributed by atoms with Gasteiger partial charge < -0.3 is 10.1 Å². The van der Waals surface area contributed by atoms with Gasteiger partial charge in [0, 0.05) is 16.3 Å². The second-order valence-electron chi connectivity index (χ2n) is 5.46. The first kappa shape index (κ1) is 17.9. The van der Waals surface area contributed by atoms with Crippen molar-refractivity contribution in [1.82, 2.24) is 0 Å². The molecule has 6 heteroatoms. The molecule has 0 bridgehead atoms. The lowest BCUT2D eigenvalue weighted by molar-refractivity contribution is -0.115. The fourth-order valence-electron chi connectivity index (χ4n) is 2.04. The van der Waals surface area contributed by atoms with Crippen LogP contribution in [-0.4, -0.2) is 18.0 Å². The van der Waals surface area contributed by atoms with Gasteiger partial charge in [-0.25, -0.2) is 9.18 Å². The molecule has 2 aromatic rings. The highest BCUT2D eigenvalue weighted by molar-refractivity contribution is 6.31. The summed E-state index contributed by atoms with van der Waals surface area (Å²) >= 11 is 5.90. The molecule has 0 aliphatic carbocycles. The average molecular weight is 350 g/mol. The van der Waals surface area contributed by atoms with Crippen molar-refractivity contribution in [3.8, 4) is 0 Å². The van der Waals surface area contributed by atoms with Crippen LogP contribution in [0.15, 0.2) is 42.5 Å². The number of halogens is 2. The highest BCUT2D eigenvalue weighted by Crippen LogP contribution is 2.20. The maximum Gasteiger partial charge on any atom is 0.338 e. The van der Waals surface area contributed by atoms with Crippen LogP contribution < -0.4 is 5.32 Å². The molecule has 2 aromatic carbocycles. The van der Waals surface area contributed by atoms with E-state index in [9.17, 15) is 14.0 Å². The maximum atomic E-state index is 13.7. The molecule has 24 heavy (non-hydrogen) atoms. The SMILES string of the molecule is CC(C)OC(=O)c1ccc(NC(=O)Cc2c(F)cccc2Cl)cc1. The summed E-state index contributed by atoms with van der Waals surface area (Å²) < 4.78 is 18.8. The molecule has 0 aliphatic rings. The Bertz CT molecular complexity index is 724. The lowest BCUT2D eigenvalue weighted by Gasteiger charge is -2.10. The summed E-state index contributed by atoms with van der Waals surface area (Å²) in [6.07, 6.45) is -0.384. The van der Waals surface area contributed by atoms with E-state index in [0.29, 0.717) is 11.3 Å². The van der Waals surface area contributed by atoms with Crippen molar-refractivity contribution in [3.63, 3.8) is 0 Å². The minimum absolute atomic E-state index is 0.147. The van der Waals surface area contributed by atoms with Gasteiger partial charge in [0.05, 0.1) is 18.1 Å². The number of esters is 1. The molecule has 0 atom stereocenters. The number of hydrogen-bond donors (Lipinski definition) is 1. The van der Waals surface area contributed by atoms with E-state index in [4.69, 9.17) is 16.3 Å². The van der Waals surface area contributed by atoms with Crippen LogP contribution in [0.1, 0.15) is 29.8 Å². The Labute approximate surface area is 144 Å². The van der Waals surface area contributed by atoms with Gasteiger partial charge in [-0.3, -0.25) is 4.79 Å². The molecule has 4 nitrogen and oxygen atoms in total. The molecule has 0 saturated carbocycles. The van der Waals surface area contributed by atoms with E-state index in [1.807, 2.05) is 0 Å². The molecule has 0 aliphatic heterocycles. The molecule has 0 radical (unpaired) electrons. The van der Waals surface area contributed by atoms with Crippen LogP contribution in [0.25, 0.3) is 0 Å². The zero-order valence-corrected chi connectivity index (χ0v) is 14.1. The van der Waals surface area contributed by atoms with Crippen molar-refractivity contribution >= 4 is 29.2 Å². The summed E-state index contributed by atoms with van der Waals surface area (Å²) in [5, 5.41) is 2.84. The van der Waals surface area contributed by atoms with Crippen molar-refractivity contribution in [2.24, 2.45) is 0 Å². The quantitative estimate of drug-likeness (QED) is 0.822. The van der Waals surface area contributed by atoms with Crippen molar-refractivity contribution in [2.75, 3.05) is 5.32 Å². The topological polar surface area (TPSA) is 55.4 Å². The molecular formula is C18H17ClFNO3. The third kappa shape index (κ3) is 4.80. The molecule has 2 rings (SSSR count). The van der Waals surface area contributed by atoms with Gasteiger partial charge in [0.15, 0.2) is 0 Å². The fourth-order valence-corrected chi connectivity index (χ4v) is 2.27. The Morgan fingerprint density at radius 3 is 2.42 bits per heavy atom. The summed E-state index contributed by atoms with van der Waals surface area (Å²) in [5.41, 5.74) is 1.03. The fraction of sp³-hybridized carbons (Fsp3) is 0.222. The van der Waals surface area contributed by atoms with Gasteiger partial charge in [-0.2, -0.15) is 0 Å². The summed E-state index contributed by atoms with van der Waals surface area (Å²) in [6, 6.07) is 10.5. The minimum atomic E-state index is -0.524. The van der Waals surface area contributed by atoms with Crippen molar-refractivity contribution in [1.29, 1.82) is 0 Å². The highest BCUT2D eigenvalue weighted by atomic mass is 35.5. The lowest BCUT2D eigenvalue weighted by Crippen LogP contribution is -2.16. The zero-order valence-electron chi connectivity index (χ0n) is 13.3. The molecule has 1 amide bonds. The maximum absolute atomic E-state index is 13.7. The second-order valence-corrected chi connectivity index (χ2v) is 5.86. The van der Waals surface area contributed by atoms with Gasteiger partial charge in [0.2, 0.25) is 5.91 Å². The number of anilines is 1. The first-order valence-corrected chi connectivity index (χ1v) is 7.78. The number of carbonyl (C=O) groups is 2. The van der Waals surface area contributed by atoms with Crippen LogP contribution in [0.5, 0.6) is 0 Å². The molecular weight excluding hydrogens is 333 g/mol. The van der Waals surface area contributed by atoms with Crippen LogP contribution in [0.2, 0.25) is 5.02 Å². The van der Waals surface area contributed by atoms with Gasteiger partial charge in [-0.15, -0.1) is 0 Å². The Morgan fingerprint density at radius 1 is 1.17 bits per heavy atom. The normalized spacial score (nSPS) is 10.5. The van der Waals surface area contributed by atoms with Crippen LogP contribution in [0.4, 0.5) is 10.1 Å². The first-order valence-electron chi connectivity index (χ1n) is 7.40. The molecule has 0 saturated heterocycles. The predicted molar refractivity (Wildman–Crippen MR) is 90.7 cm³/mol. The average Bonchev–Trinajstić information content (AvgIpc) is 2.51. The number of ether oxygens (including phenoxy) is 1. The molecule has 1 N–H and O–H groups in total. The van der Waals surface area contributed by atoms with E-state index in [-0.39, 0.29) is 23.1 Å². The third-order valence-electron chi connectivity index (χ3n) is 3.15. The van der Waals surface area contributed by atoms with Gasteiger partial charge in [-0.1, -0.05) is 17.7 Å². The second kappa shape index (κ2) is 7.93. The monoisotopic (exact) mass is 349 g/mol. The molecule has 0 spiro atoms. The number of amides is 1. The molecule has 0 fully saturated rings. The molecule has 0 aromatic heterocycles. The van der Waals surface area contributed by atoms with E-state index in [1.54, 1.807) is 38.1 Å². The summed E-state index contributed by atoms with van der Waals surface area (Å²) in [6.45, 7) is 3.53. The zero-order chi connectivity index (χ0) is 17.7. The third-order valence-corrected chi connectivity index (χ3v) is 3.50. The van der Waals surface area contributed by atoms with Crippen LogP contribution in [-0.2, 0) is 16.0 Å². The van der Waals surface area contributed by atoms with E-state index in [1.165, 1.54) is 18.2 Å². The van der Waals surface area contributed by atoms with Crippen LogP contribution in [0.3, 0.4) is 0 Å². The highest BCUT2D eigenvalue weighted by Gasteiger charge is 2.13. The smallest absolute Gasteiger partial charge is 0.338 e. The number of nitrogens with one attached hydrogen (secondary N) is 1. The summed E-state index contributed by atoms with van der Waals surface area (Å²) in [7, 11) is 0. The summed E-state index contributed by atoms with van der Waals surface area (Å²) in [4.78, 5) is 23.8. The minimum Gasteiger partial charge on any atom is -0.459 e. The first-order chi connectivity index (χ1) is 11.4. The number of benzene rings is 2. The van der Waals surface area contributed by atoms with E-state index < -0.39 is 17.7 Å². The van der Waals surface area contributed by atoms with Crippen LogP contribution >= 0.6 is 11.6 Å². The Hall–Kier alpha value is -2.40. The van der Waals surface area contributed by atoms with E-state index in [0.717, 1.165) is 0 Å². The molecule has 0 heterocycles. The lowest BCUT2D eigenvalue weighted by atomic mass is 10.1. The van der Waals surface area contributed by atoms with Crippen molar-refractivity contribution in [3.05, 3.63) is 64.4 Å². The standard InChI is InChI=1S/C18H17ClFNO3/c1-11(2)24-18(23)12-6-8-13(9-7-12)21-17(22)10-14-15(19)4-3-5-16(14)20/h3-9,11H,10H2,1-2H3,(H,21,22). The van der Waals surface area contributed by atoms with Crippen molar-refractivity contribution in [2.45, 2.75) is 26.4 Å². The van der Waals surface area contributed by atoms with Crippen LogP contribution in [0, 0.1) is 5.82 Å². The number of carbonyl (C=O) groups excluding carboxylic acids is 2. The summed E-state index contributed by atoms with van der Waals surface area (Å²) in [5.74, 6) is -1.36. The molecule has 126 valence electrons. The Morgan fingerprint density at radius 2 is 1.83 bits per heavy atom. The van der Waals surface area contributed by atoms with Crippen molar-refractivity contribution < 1.29 is 18.7 Å². The molecule has 0 unspecified atom stereocenters. The van der Waals surface area contributed by atoms with E-state index in [2.05, 4.69) is 5.32 Å². The largest absolute Gasteiger partial charge is 0.459 e. The number of hydrogen-bond acceptors (Lipinski definition) is 3. The van der Waals surface area contributed by atoms with Gasteiger partial charge in [0.1, 0.15) is 5.82 Å². The van der Waals surface area contributed by atoms with Gasteiger partial charge in [-0.05, 0) is 50.2 Å². The predicted octanol–water partition coefficient (Wildman–Crippen LogP) is 4.23.